The minimum Gasteiger partial charge on any atom is -0.449 e. The molecule has 0 unspecified atom stereocenters. The number of esters is 1. The molecule has 0 aromatic heterocycles. The van der Waals surface area contributed by atoms with Crippen LogP contribution >= 0.6 is 11.6 Å². The molecule has 1 heterocycles. The highest BCUT2D eigenvalue weighted by atomic mass is 35.5. The summed E-state index contributed by atoms with van der Waals surface area (Å²) in [6, 6.07) is 0. The molecule has 0 amide bonds. The van der Waals surface area contributed by atoms with Gasteiger partial charge in [0.2, 0.25) is 0 Å². The smallest absolute Gasteiger partial charge is 0.352 e. The molecule has 3 nitrogen and oxygen atoms in total. The predicted molar refractivity (Wildman–Crippen MR) is 37.2 cm³/mol. The van der Waals surface area contributed by atoms with Crippen molar-refractivity contribution in [1.82, 2.24) is 0 Å². The third-order valence-electron chi connectivity index (χ3n) is 1.41. The summed E-state index contributed by atoms with van der Waals surface area (Å²) >= 11 is 5.48. The Labute approximate surface area is 63.8 Å². The van der Waals surface area contributed by atoms with E-state index in [9.17, 15) is 4.79 Å². The maximum absolute atomic E-state index is 10.7. The van der Waals surface area contributed by atoms with Crippen LogP contribution in [0, 0.1) is 0 Å². The summed E-state index contributed by atoms with van der Waals surface area (Å²) in [6.07, 6.45) is 0. The summed E-state index contributed by atoms with van der Waals surface area (Å²) in [5.41, 5.74) is 5.03. The molecule has 0 bridgehead atoms. The Morgan fingerprint density at radius 2 is 2.10 bits per heavy atom. The lowest BCUT2D eigenvalue weighted by Gasteiger charge is -2.17. The topological polar surface area (TPSA) is 52.3 Å². The molecule has 0 aromatic rings. The van der Waals surface area contributed by atoms with Gasteiger partial charge in [-0.25, -0.2) is 4.79 Å². The van der Waals surface area contributed by atoms with E-state index in [1.54, 1.807) is 13.8 Å². The summed E-state index contributed by atoms with van der Waals surface area (Å²) < 4.78 is 4.80. The lowest BCUT2D eigenvalue weighted by molar-refractivity contribution is -0.143. The number of hydrogen-bond donors (Lipinski definition) is 1. The second kappa shape index (κ2) is 1.89. The summed E-state index contributed by atoms with van der Waals surface area (Å²) in [5.74, 6) is -0.538. The van der Waals surface area contributed by atoms with Crippen molar-refractivity contribution in [3.8, 4) is 0 Å². The number of hydrogen-bond acceptors (Lipinski definition) is 3. The monoisotopic (exact) mass is 161 g/mol. The standard InChI is InChI=1S/C6H8ClNO2/c1-6(2)4(8)3(7)5(9)10-6/h8H2,1-2H3. The van der Waals surface area contributed by atoms with E-state index in [4.69, 9.17) is 22.1 Å². The predicted octanol–water partition coefficient (Wildman–Crippen LogP) is 0.731. The summed E-state index contributed by atoms with van der Waals surface area (Å²) in [4.78, 5) is 10.7. The first-order chi connectivity index (χ1) is 4.45. The molecule has 0 saturated carbocycles. The molecule has 10 heavy (non-hydrogen) atoms. The maximum atomic E-state index is 10.7. The largest absolute Gasteiger partial charge is 0.449 e. The van der Waals surface area contributed by atoms with E-state index in [-0.39, 0.29) is 5.03 Å². The first kappa shape index (κ1) is 7.41. The number of halogens is 1. The highest BCUT2D eigenvalue weighted by molar-refractivity contribution is 6.42. The van der Waals surface area contributed by atoms with Gasteiger partial charge in [-0.2, -0.15) is 0 Å². The van der Waals surface area contributed by atoms with E-state index in [0.29, 0.717) is 5.70 Å². The molecule has 0 fully saturated rings. The summed E-state index contributed by atoms with van der Waals surface area (Å²) in [5, 5.41) is 0.00463. The normalized spacial score (nSPS) is 23.3. The molecule has 4 heteroatoms. The van der Waals surface area contributed by atoms with Gasteiger partial charge in [-0.05, 0) is 13.8 Å². The van der Waals surface area contributed by atoms with Gasteiger partial charge in [-0.3, -0.25) is 0 Å². The Morgan fingerprint density at radius 3 is 2.20 bits per heavy atom. The Hall–Kier alpha value is -0.700. The molecule has 0 spiro atoms. The number of ether oxygens (including phenoxy) is 1. The Balaban J connectivity index is 3.06. The van der Waals surface area contributed by atoms with Gasteiger partial charge in [0, 0.05) is 0 Å². The van der Waals surface area contributed by atoms with Gasteiger partial charge >= 0.3 is 5.97 Å². The number of cyclic esters (lactones) is 1. The lowest BCUT2D eigenvalue weighted by atomic mass is 10.1. The summed E-state index contributed by atoms with van der Waals surface area (Å²) in [7, 11) is 0. The van der Waals surface area contributed by atoms with Crippen molar-refractivity contribution in [3.63, 3.8) is 0 Å². The van der Waals surface area contributed by atoms with Crippen molar-refractivity contribution in [3.05, 3.63) is 10.7 Å². The van der Waals surface area contributed by atoms with E-state index in [1.165, 1.54) is 0 Å². The molecular weight excluding hydrogens is 154 g/mol. The molecule has 0 atom stereocenters. The fourth-order valence-electron chi connectivity index (χ4n) is 0.706. The van der Waals surface area contributed by atoms with Crippen LogP contribution < -0.4 is 5.73 Å². The Kier molecular flexibility index (Phi) is 1.40. The molecule has 0 aliphatic carbocycles. The quantitative estimate of drug-likeness (QED) is 0.533. The maximum Gasteiger partial charge on any atom is 0.352 e. The van der Waals surface area contributed by atoms with Gasteiger partial charge in [-0.15, -0.1) is 0 Å². The fourth-order valence-corrected chi connectivity index (χ4v) is 0.972. The summed E-state index contributed by atoms with van der Waals surface area (Å²) in [6.45, 7) is 3.38. The van der Waals surface area contributed by atoms with Crippen LogP contribution in [0.3, 0.4) is 0 Å². The fraction of sp³-hybridized carbons (Fsp3) is 0.500. The average Bonchev–Trinajstić information content (AvgIpc) is 1.95. The van der Waals surface area contributed by atoms with Crippen molar-refractivity contribution in [2.24, 2.45) is 5.73 Å². The van der Waals surface area contributed by atoms with Crippen molar-refractivity contribution in [2.75, 3.05) is 0 Å². The van der Waals surface area contributed by atoms with E-state index < -0.39 is 11.6 Å². The molecule has 1 aliphatic heterocycles. The second-order valence-corrected chi connectivity index (χ2v) is 3.01. The molecule has 2 N–H and O–H groups in total. The Bertz CT molecular complexity index is 220. The number of rotatable bonds is 0. The van der Waals surface area contributed by atoms with Crippen LogP contribution in [0.25, 0.3) is 0 Å². The van der Waals surface area contributed by atoms with Crippen molar-refractivity contribution in [1.29, 1.82) is 0 Å². The zero-order valence-corrected chi connectivity index (χ0v) is 6.53. The number of carbonyl (C=O) groups is 1. The van der Waals surface area contributed by atoms with Crippen LogP contribution in [0.4, 0.5) is 0 Å². The van der Waals surface area contributed by atoms with Gasteiger partial charge in [0.25, 0.3) is 0 Å². The average molecular weight is 162 g/mol. The zero-order chi connectivity index (χ0) is 7.94. The molecule has 0 saturated heterocycles. The SMILES string of the molecule is CC1(C)OC(=O)C(Cl)=C1N. The van der Waals surface area contributed by atoms with E-state index in [2.05, 4.69) is 0 Å². The molecule has 0 aromatic carbocycles. The van der Waals surface area contributed by atoms with Gasteiger partial charge in [0.1, 0.15) is 10.6 Å². The molecule has 1 aliphatic rings. The van der Waals surface area contributed by atoms with Gasteiger partial charge in [0.15, 0.2) is 0 Å². The zero-order valence-electron chi connectivity index (χ0n) is 5.77. The molecule has 56 valence electrons. The molecule has 0 radical (unpaired) electrons. The third-order valence-corrected chi connectivity index (χ3v) is 1.77. The highest BCUT2D eigenvalue weighted by Crippen LogP contribution is 2.30. The van der Waals surface area contributed by atoms with Crippen LogP contribution in [0.2, 0.25) is 0 Å². The van der Waals surface area contributed by atoms with Gasteiger partial charge in [0.05, 0.1) is 5.70 Å². The van der Waals surface area contributed by atoms with E-state index in [0.717, 1.165) is 0 Å². The second-order valence-electron chi connectivity index (χ2n) is 2.63. The van der Waals surface area contributed by atoms with Crippen LogP contribution in [-0.4, -0.2) is 11.6 Å². The van der Waals surface area contributed by atoms with Crippen LogP contribution in [0.1, 0.15) is 13.8 Å². The van der Waals surface area contributed by atoms with Gasteiger partial charge in [-0.1, -0.05) is 11.6 Å². The molecule has 1 rings (SSSR count). The van der Waals surface area contributed by atoms with Crippen molar-refractivity contribution in [2.45, 2.75) is 19.4 Å². The third kappa shape index (κ3) is 0.865. The van der Waals surface area contributed by atoms with E-state index in [1.807, 2.05) is 0 Å². The van der Waals surface area contributed by atoms with E-state index >= 15 is 0 Å². The lowest BCUT2D eigenvalue weighted by Crippen LogP contribution is -2.27. The van der Waals surface area contributed by atoms with Crippen molar-refractivity contribution < 1.29 is 9.53 Å². The first-order valence-corrected chi connectivity index (χ1v) is 3.22. The van der Waals surface area contributed by atoms with Crippen molar-refractivity contribution >= 4 is 17.6 Å². The number of nitrogens with two attached hydrogens (primary N) is 1. The van der Waals surface area contributed by atoms with Crippen LogP contribution in [-0.2, 0) is 9.53 Å². The Morgan fingerprint density at radius 1 is 1.60 bits per heavy atom. The first-order valence-electron chi connectivity index (χ1n) is 2.84. The minimum atomic E-state index is -0.728. The minimum absolute atomic E-state index is 0.00463. The molecular formula is C6H8ClNO2. The number of carbonyl (C=O) groups excluding carboxylic acids is 1. The van der Waals surface area contributed by atoms with Crippen LogP contribution in [0.15, 0.2) is 10.7 Å². The highest BCUT2D eigenvalue weighted by Gasteiger charge is 2.37. The van der Waals surface area contributed by atoms with Crippen LogP contribution in [0.5, 0.6) is 0 Å². The van der Waals surface area contributed by atoms with Gasteiger partial charge < -0.3 is 10.5 Å².